The van der Waals surface area contributed by atoms with Crippen molar-refractivity contribution in [3.05, 3.63) is 107 Å². The number of hydrogen-bond donors (Lipinski definition) is 2. The molecule has 232 valence electrons. The Balaban J connectivity index is 1.31. The van der Waals surface area contributed by atoms with Gasteiger partial charge in [-0.05, 0) is 59.3 Å². The van der Waals surface area contributed by atoms with Crippen LogP contribution in [-0.4, -0.2) is 52.1 Å². The van der Waals surface area contributed by atoms with Gasteiger partial charge in [-0.15, -0.1) is 10.2 Å². The number of fused-ring (bicyclic) bond motifs is 1. The maximum absolute atomic E-state index is 13.5. The molecular weight excluding hydrogens is 622 g/mol. The maximum atomic E-state index is 13.5. The van der Waals surface area contributed by atoms with Gasteiger partial charge >= 0.3 is 24.3 Å². The van der Waals surface area contributed by atoms with Crippen LogP contribution in [0.3, 0.4) is 0 Å². The molecule has 2 aromatic heterocycles. The van der Waals surface area contributed by atoms with Crippen LogP contribution in [-0.2, 0) is 12.4 Å². The molecule has 0 spiro atoms. The van der Waals surface area contributed by atoms with E-state index in [4.69, 9.17) is 10.2 Å². The Bertz CT molecular complexity index is 2020. The molecule has 0 bridgehead atoms. The standard InChI is InChI=1S/C30H16F6N6O4/c31-29(32,33)23-11-19(5-7-21(23)27(43)44)41-13-25(37-39-41)16-3-1-15-2-4-17(10-18(15)9-16)26-14-42(40-38-26)20-6-8-22(28(45)46)24(12-20)30(34,35)36/h1-14H,(H,43,44)(H,45,46). The number of hydrogen-bond acceptors (Lipinski definition) is 6. The number of nitrogens with zero attached hydrogens (tertiary/aromatic N) is 6. The van der Waals surface area contributed by atoms with Crippen LogP contribution < -0.4 is 0 Å². The van der Waals surface area contributed by atoms with Crippen molar-refractivity contribution in [1.82, 2.24) is 30.0 Å². The van der Waals surface area contributed by atoms with Crippen LogP contribution in [0.4, 0.5) is 26.3 Å². The molecule has 0 atom stereocenters. The van der Waals surface area contributed by atoms with E-state index < -0.39 is 46.5 Å². The van der Waals surface area contributed by atoms with Crippen LogP contribution in [0.1, 0.15) is 31.8 Å². The van der Waals surface area contributed by atoms with Crippen molar-refractivity contribution in [1.29, 1.82) is 0 Å². The van der Waals surface area contributed by atoms with Crippen molar-refractivity contribution in [2.45, 2.75) is 12.4 Å². The second-order valence-electron chi connectivity index (χ2n) is 9.94. The van der Waals surface area contributed by atoms with E-state index >= 15 is 0 Å². The quantitative estimate of drug-likeness (QED) is 0.191. The van der Waals surface area contributed by atoms with E-state index in [0.717, 1.165) is 26.9 Å². The van der Waals surface area contributed by atoms with Crippen molar-refractivity contribution in [2.75, 3.05) is 0 Å². The van der Waals surface area contributed by atoms with Crippen LogP contribution in [0.5, 0.6) is 0 Å². The van der Waals surface area contributed by atoms with Crippen molar-refractivity contribution in [3.8, 4) is 33.9 Å². The van der Waals surface area contributed by atoms with Gasteiger partial charge in [0, 0.05) is 11.1 Å². The van der Waals surface area contributed by atoms with E-state index in [9.17, 15) is 35.9 Å². The lowest BCUT2D eigenvalue weighted by atomic mass is 10.0. The monoisotopic (exact) mass is 638 g/mol. The second-order valence-corrected chi connectivity index (χ2v) is 9.94. The average molecular weight is 638 g/mol. The van der Waals surface area contributed by atoms with Gasteiger partial charge in [0.25, 0.3) is 0 Å². The van der Waals surface area contributed by atoms with Crippen LogP contribution in [0.2, 0.25) is 0 Å². The van der Waals surface area contributed by atoms with E-state index in [2.05, 4.69) is 20.6 Å². The molecule has 0 radical (unpaired) electrons. The predicted molar refractivity (Wildman–Crippen MR) is 149 cm³/mol. The normalized spacial score (nSPS) is 12.0. The largest absolute Gasteiger partial charge is 0.478 e. The lowest BCUT2D eigenvalue weighted by molar-refractivity contribution is -0.138. The number of carboxylic acid groups (broad SMARTS) is 2. The van der Waals surface area contributed by atoms with Gasteiger partial charge < -0.3 is 10.2 Å². The summed E-state index contributed by atoms with van der Waals surface area (Å²) >= 11 is 0. The van der Waals surface area contributed by atoms with Gasteiger partial charge in [0.15, 0.2) is 0 Å². The van der Waals surface area contributed by atoms with E-state index in [0.29, 0.717) is 40.0 Å². The zero-order valence-corrected chi connectivity index (χ0v) is 22.7. The second kappa shape index (κ2) is 10.8. The number of aromatic nitrogens is 6. The summed E-state index contributed by atoms with van der Waals surface area (Å²) in [5, 5.41) is 35.7. The minimum atomic E-state index is -4.91. The zero-order chi connectivity index (χ0) is 33.0. The summed E-state index contributed by atoms with van der Waals surface area (Å²) in [5.74, 6) is -3.44. The predicted octanol–water partition coefficient (Wildman–Crippen LogP) is 6.77. The Kier molecular flexibility index (Phi) is 7.06. The molecule has 46 heavy (non-hydrogen) atoms. The molecule has 0 amide bonds. The number of benzene rings is 4. The Morgan fingerprint density at radius 2 is 0.978 bits per heavy atom. The summed E-state index contributed by atoms with van der Waals surface area (Å²) in [5.41, 5.74) is -2.85. The lowest BCUT2D eigenvalue weighted by Gasteiger charge is -2.11. The van der Waals surface area contributed by atoms with E-state index in [1.54, 1.807) is 36.4 Å². The number of halogens is 6. The first-order chi connectivity index (χ1) is 21.7. The molecule has 6 aromatic rings. The molecule has 2 heterocycles. The Morgan fingerprint density at radius 3 is 1.35 bits per heavy atom. The molecule has 0 aliphatic heterocycles. The highest BCUT2D eigenvalue weighted by molar-refractivity contribution is 5.91. The molecule has 10 nitrogen and oxygen atoms in total. The first-order valence-electron chi connectivity index (χ1n) is 13.0. The topological polar surface area (TPSA) is 136 Å². The van der Waals surface area contributed by atoms with Crippen LogP contribution in [0, 0.1) is 0 Å². The van der Waals surface area contributed by atoms with Gasteiger partial charge in [0.2, 0.25) is 0 Å². The fourth-order valence-corrected chi connectivity index (χ4v) is 4.80. The first kappa shape index (κ1) is 30.0. The number of rotatable bonds is 6. The molecule has 0 unspecified atom stereocenters. The molecular formula is C30H16F6N6O4. The third-order valence-electron chi connectivity index (χ3n) is 7.03. The highest BCUT2D eigenvalue weighted by atomic mass is 19.4. The third-order valence-corrected chi connectivity index (χ3v) is 7.03. The maximum Gasteiger partial charge on any atom is 0.417 e. The van der Waals surface area contributed by atoms with E-state index in [1.807, 2.05) is 0 Å². The highest BCUT2D eigenvalue weighted by Gasteiger charge is 2.37. The minimum Gasteiger partial charge on any atom is -0.478 e. The summed E-state index contributed by atoms with van der Waals surface area (Å²) in [6, 6.07) is 15.9. The lowest BCUT2D eigenvalue weighted by Crippen LogP contribution is -2.14. The van der Waals surface area contributed by atoms with Gasteiger partial charge in [-0.25, -0.2) is 19.0 Å². The third kappa shape index (κ3) is 5.62. The van der Waals surface area contributed by atoms with Gasteiger partial charge in [-0.1, -0.05) is 34.7 Å². The molecule has 0 aliphatic rings. The Hall–Kier alpha value is -6.06. The van der Waals surface area contributed by atoms with Gasteiger partial charge in [0.1, 0.15) is 11.4 Å². The zero-order valence-electron chi connectivity index (χ0n) is 22.7. The van der Waals surface area contributed by atoms with Gasteiger partial charge in [0.05, 0.1) is 46.0 Å². The fraction of sp³-hybridized carbons (Fsp3) is 0.0667. The van der Waals surface area contributed by atoms with Gasteiger partial charge in [-0.3, -0.25) is 0 Å². The first-order valence-corrected chi connectivity index (χ1v) is 13.0. The molecule has 16 heteroatoms. The molecule has 2 N–H and O–H groups in total. The molecule has 0 saturated heterocycles. The van der Waals surface area contributed by atoms with Crippen molar-refractivity contribution >= 4 is 22.7 Å². The molecule has 6 rings (SSSR count). The molecule has 4 aromatic carbocycles. The Labute approximate surface area is 252 Å². The van der Waals surface area contributed by atoms with Gasteiger partial charge in [-0.2, -0.15) is 26.3 Å². The fourth-order valence-electron chi connectivity index (χ4n) is 4.80. The molecule has 0 saturated carbocycles. The summed E-state index contributed by atoms with van der Waals surface area (Å²) in [6.45, 7) is 0. The van der Waals surface area contributed by atoms with Crippen LogP contribution in [0.15, 0.2) is 85.2 Å². The summed E-state index contributed by atoms with van der Waals surface area (Å²) in [6.07, 6.45) is -7.05. The number of carbonyl (C=O) groups is 2. The minimum absolute atomic E-state index is 0.0535. The van der Waals surface area contributed by atoms with Crippen LogP contribution in [0.25, 0.3) is 44.7 Å². The SMILES string of the molecule is O=C(O)c1ccc(-n2cc(-c3ccc4ccc(-c5cn(-c6ccc(C(=O)O)c(C(F)(F)F)c6)nn5)cc4c3)nn2)cc1C(F)(F)F. The summed E-state index contributed by atoms with van der Waals surface area (Å²) in [4.78, 5) is 22.5. The van der Waals surface area contributed by atoms with Crippen molar-refractivity contribution in [3.63, 3.8) is 0 Å². The Morgan fingerprint density at radius 1 is 0.565 bits per heavy atom. The summed E-state index contributed by atoms with van der Waals surface area (Å²) < 4.78 is 83.1. The van der Waals surface area contributed by atoms with E-state index in [-0.39, 0.29) is 11.4 Å². The van der Waals surface area contributed by atoms with E-state index in [1.165, 1.54) is 24.5 Å². The average Bonchev–Trinajstić information content (AvgIpc) is 3.70. The van der Waals surface area contributed by atoms with Crippen LogP contribution >= 0.6 is 0 Å². The number of aromatic carboxylic acids is 2. The molecule has 0 aliphatic carbocycles. The van der Waals surface area contributed by atoms with Crippen molar-refractivity contribution in [2.24, 2.45) is 0 Å². The number of alkyl halides is 6. The van der Waals surface area contributed by atoms with Crippen molar-refractivity contribution < 1.29 is 46.1 Å². The summed E-state index contributed by atoms with van der Waals surface area (Å²) in [7, 11) is 0. The smallest absolute Gasteiger partial charge is 0.417 e. The highest BCUT2D eigenvalue weighted by Crippen LogP contribution is 2.35. The molecule has 0 fully saturated rings. The number of carboxylic acids is 2.